The number of carbonyl (C=O) groups excluding carboxylic acids is 1. The quantitative estimate of drug-likeness (QED) is 0.656. The highest BCUT2D eigenvalue weighted by Gasteiger charge is 2.26. The lowest BCUT2D eigenvalue weighted by Gasteiger charge is -2.15. The molecular formula is C12H18ClN3O2. The van der Waals surface area contributed by atoms with Gasteiger partial charge in [0, 0.05) is 12.6 Å². The molecule has 0 saturated carbocycles. The number of esters is 1. The van der Waals surface area contributed by atoms with Crippen LogP contribution in [0.5, 0.6) is 5.75 Å². The number of nitrogens with zero attached hydrogens (tertiary/aromatic N) is 1. The van der Waals surface area contributed by atoms with Gasteiger partial charge in [-0.1, -0.05) is 11.6 Å². The molecule has 0 saturated heterocycles. The van der Waals surface area contributed by atoms with E-state index >= 15 is 0 Å². The van der Waals surface area contributed by atoms with Crippen molar-refractivity contribution in [2.45, 2.75) is 27.7 Å². The summed E-state index contributed by atoms with van der Waals surface area (Å²) < 4.78 is 6.88. The third kappa shape index (κ3) is 2.85. The second-order valence-electron chi connectivity index (χ2n) is 5.01. The molecule has 1 aromatic heterocycles. The van der Waals surface area contributed by atoms with Crippen molar-refractivity contribution in [1.82, 2.24) is 4.68 Å². The number of ether oxygens (including phenoxy) is 1. The molecular weight excluding hydrogens is 254 g/mol. The van der Waals surface area contributed by atoms with Crippen LogP contribution < -0.4 is 10.2 Å². The van der Waals surface area contributed by atoms with Gasteiger partial charge < -0.3 is 10.2 Å². The third-order valence-electron chi connectivity index (χ3n) is 2.48. The van der Waals surface area contributed by atoms with E-state index in [1.807, 2.05) is 0 Å². The Hall–Kier alpha value is -1.49. The first kappa shape index (κ1) is 14.6. The molecule has 0 aliphatic heterocycles. The van der Waals surface area contributed by atoms with Crippen LogP contribution in [-0.4, -0.2) is 22.9 Å². The highest BCUT2D eigenvalue weighted by atomic mass is 35.5. The van der Waals surface area contributed by atoms with Crippen LogP contribution in [0.25, 0.3) is 0 Å². The molecule has 0 aliphatic carbocycles. The Bertz CT molecular complexity index is 486. The number of hydrogen-bond acceptors (Lipinski definition) is 4. The van der Waals surface area contributed by atoms with E-state index in [0.29, 0.717) is 17.0 Å². The Balaban J connectivity index is 3.13. The highest BCUT2D eigenvalue weighted by molar-refractivity contribution is 6.68. The number of nitrogens with one attached hydrogen (secondary N) is 2. The van der Waals surface area contributed by atoms with Crippen LogP contribution in [0.2, 0.25) is 0 Å². The predicted octanol–water partition coefficient (Wildman–Crippen LogP) is 2.49. The largest absolute Gasteiger partial charge is 0.424 e. The van der Waals surface area contributed by atoms with E-state index in [0.717, 1.165) is 0 Å². The van der Waals surface area contributed by atoms with E-state index < -0.39 is 5.41 Å². The summed E-state index contributed by atoms with van der Waals surface area (Å²) in [6.07, 6.45) is 1.60. The average molecular weight is 272 g/mol. The van der Waals surface area contributed by atoms with E-state index in [-0.39, 0.29) is 11.1 Å². The monoisotopic (exact) mass is 271 g/mol. The Kier molecular flexibility index (Phi) is 4.06. The summed E-state index contributed by atoms with van der Waals surface area (Å²) in [5.41, 5.74) is 3.41. The molecule has 100 valence electrons. The van der Waals surface area contributed by atoms with E-state index in [2.05, 4.69) is 5.43 Å². The molecule has 0 spiro atoms. The van der Waals surface area contributed by atoms with Crippen molar-refractivity contribution < 1.29 is 9.53 Å². The standard InChI is InChI=1S/C12H18ClN3O2/c1-7-8(18-11(17)12(2,3)4)6-16(15-5)9(7)10(13)14/h6,14-15H,1-5H3. The Morgan fingerprint density at radius 1 is 1.50 bits per heavy atom. The maximum absolute atomic E-state index is 11.8. The average Bonchev–Trinajstić information content (AvgIpc) is 2.54. The Morgan fingerprint density at radius 2 is 2.06 bits per heavy atom. The smallest absolute Gasteiger partial charge is 0.316 e. The first-order chi connectivity index (χ1) is 8.18. The molecule has 0 bridgehead atoms. The summed E-state index contributed by atoms with van der Waals surface area (Å²) >= 11 is 5.71. The lowest BCUT2D eigenvalue weighted by molar-refractivity contribution is -0.143. The van der Waals surface area contributed by atoms with Crippen LogP contribution in [0, 0.1) is 17.7 Å². The molecule has 0 amide bonds. The Morgan fingerprint density at radius 3 is 2.39 bits per heavy atom. The van der Waals surface area contributed by atoms with Crippen LogP contribution in [0.3, 0.4) is 0 Å². The van der Waals surface area contributed by atoms with E-state index in [4.69, 9.17) is 21.7 Å². The van der Waals surface area contributed by atoms with Crippen molar-refractivity contribution in [2.24, 2.45) is 5.41 Å². The zero-order valence-electron chi connectivity index (χ0n) is 11.2. The van der Waals surface area contributed by atoms with E-state index in [9.17, 15) is 4.79 Å². The molecule has 5 nitrogen and oxygen atoms in total. The molecule has 1 aromatic rings. The van der Waals surface area contributed by atoms with Crippen molar-refractivity contribution in [3.05, 3.63) is 17.5 Å². The minimum Gasteiger partial charge on any atom is -0.424 e. The SMILES string of the molecule is CNn1cc(OC(=O)C(C)(C)C)c(C)c1C(=N)Cl. The maximum Gasteiger partial charge on any atom is 0.316 e. The number of aromatic nitrogens is 1. The van der Waals surface area contributed by atoms with Gasteiger partial charge in [-0.25, -0.2) is 0 Å². The van der Waals surface area contributed by atoms with Gasteiger partial charge in [0.1, 0.15) is 10.9 Å². The number of rotatable bonds is 3. The molecule has 0 unspecified atom stereocenters. The first-order valence-electron chi connectivity index (χ1n) is 5.55. The van der Waals surface area contributed by atoms with Crippen molar-refractivity contribution in [3.63, 3.8) is 0 Å². The minimum absolute atomic E-state index is 0.111. The van der Waals surface area contributed by atoms with Gasteiger partial charge in [-0.15, -0.1) is 0 Å². The van der Waals surface area contributed by atoms with Gasteiger partial charge >= 0.3 is 5.97 Å². The molecule has 1 heterocycles. The topological polar surface area (TPSA) is 67.1 Å². The summed E-state index contributed by atoms with van der Waals surface area (Å²) in [6.45, 7) is 7.10. The lowest BCUT2D eigenvalue weighted by Crippen LogP contribution is -2.25. The van der Waals surface area contributed by atoms with Crippen molar-refractivity contribution in [1.29, 1.82) is 5.41 Å². The molecule has 18 heavy (non-hydrogen) atoms. The number of halogens is 1. The molecule has 6 heteroatoms. The van der Waals surface area contributed by atoms with Gasteiger partial charge in [0.05, 0.1) is 11.6 Å². The van der Waals surface area contributed by atoms with Gasteiger partial charge in [0.15, 0.2) is 5.75 Å². The van der Waals surface area contributed by atoms with Gasteiger partial charge in [-0.05, 0) is 27.7 Å². The summed E-state index contributed by atoms with van der Waals surface area (Å²) in [5.74, 6) is 0.0798. The van der Waals surface area contributed by atoms with Crippen LogP contribution in [0.1, 0.15) is 32.0 Å². The maximum atomic E-state index is 11.8. The molecule has 0 aromatic carbocycles. The zero-order valence-corrected chi connectivity index (χ0v) is 12.0. The van der Waals surface area contributed by atoms with E-state index in [1.54, 1.807) is 45.6 Å². The molecule has 0 fully saturated rings. The molecule has 0 aliphatic rings. The summed E-state index contributed by atoms with van der Waals surface area (Å²) in [7, 11) is 1.69. The third-order valence-corrected chi connectivity index (χ3v) is 2.65. The molecule has 0 radical (unpaired) electrons. The summed E-state index contributed by atoms with van der Waals surface area (Å²) in [6, 6.07) is 0. The number of carbonyl (C=O) groups is 1. The van der Waals surface area contributed by atoms with Gasteiger partial charge in [0.25, 0.3) is 0 Å². The minimum atomic E-state index is -0.581. The van der Waals surface area contributed by atoms with Crippen molar-refractivity contribution in [2.75, 3.05) is 12.5 Å². The second kappa shape index (κ2) is 5.02. The molecule has 0 atom stereocenters. The fourth-order valence-electron chi connectivity index (χ4n) is 1.38. The van der Waals surface area contributed by atoms with Crippen LogP contribution in [0.15, 0.2) is 6.20 Å². The summed E-state index contributed by atoms with van der Waals surface area (Å²) in [5, 5.41) is 7.39. The van der Waals surface area contributed by atoms with E-state index in [1.165, 1.54) is 0 Å². The highest BCUT2D eigenvalue weighted by Crippen LogP contribution is 2.27. The van der Waals surface area contributed by atoms with Gasteiger partial charge in [-0.2, -0.15) is 0 Å². The predicted molar refractivity (Wildman–Crippen MR) is 72.2 cm³/mol. The van der Waals surface area contributed by atoms with Gasteiger partial charge in [0.2, 0.25) is 0 Å². The summed E-state index contributed by atoms with van der Waals surface area (Å²) in [4.78, 5) is 11.8. The second-order valence-corrected chi connectivity index (χ2v) is 5.39. The van der Waals surface area contributed by atoms with Gasteiger partial charge in [-0.3, -0.25) is 14.9 Å². The molecule has 2 N–H and O–H groups in total. The van der Waals surface area contributed by atoms with Crippen LogP contribution in [0.4, 0.5) is 0 Å². The zero-order chi connectivity index (χ0) is 14.1. The lowest BCUT2D eigenvalue weighted by atomic mass is 9.97. The fraction of sp³-hybridized carbons (Fsp3) is 0.500. The van der Waals surface area contributed by atoms with Crippen molar-refractivity contribution >= 4 is 22.7 Å². The number of hydrogen-bond donors (Lipinski definition) is 2. The fourth-order valence-corrected chi connectivity index (χ4v) is 1.61. The van der Waals surface area contributed by atoms with Crippen molar-refractivity contribution in [3.8, 4) is 5.75 Å². The molecule has 1 rings (SSSR count). The normalized spacial score (nSPS) is 11.2. The van der Waals surface area contributed by atoms with Crippen LogP contribution >= 0.6 is 11.6 Å². The Labute approximate surface area is 112 Å². The first-order valence-corrected chi connectivity index (χ1v) is 5.92. The van der Waals surface area contributed by atoms with Crippen LogP contribution in [-0.2, 0) is 4.79 Å².